The lowest BCUT2D eigenvalue weighted by molar-refractivity contribution is 0.0585. The monoisotopic (exact) mass is 1350 g/mol. The van der Waals surface area contributed by atoms with Crippen LogP contribution in [0.5, 0.6) is 0 Å². The largest absolute Gasteiger partial charge is 0.477 e. The number of nitrogens with two attached hydrogens (primary N) is 2. The van der Waals surface area contributed by atoms with Crippen LogP contribution in [0.25, 0.3) is 0 Å². The molecule has 0 amide bonds. The van der Waals surface area contributed by atoms with Gasteiger partial charge in [0.05, 0.1) is 28.4 Å². The molecule has 8 rings (SSSR count). The molecule has 0 radical (unpaired) electrons. The molecule has 8 aromatic rings. The zero-order chi connectivity index (χ0) is 66.4. The van der Waals surface area contributed by atoms with Gasteiger partial charge < -0.3 is 40.6 Å². The summed E-state index contributed by atoms with van der Waals surface area (Å²) in [7, 11) is 3.91. The van der Waals surface area contributed by atoms with Crippen LogP contribution < -0.4 is 11.5 Å². The number of pyridine rings is 6. The van der Waals surface area contributed by atoms with Gasteiger partial charge in [-0.2, -0.15) is 0 Å². The Morgan fingerprint density at radius 3 is 0.900 bits per heavy atom. The number of halogens is 2. The van der Waals surface area contributed by atoms with E-state index in [1.165, 1.54) is 71.4 Å². The number of esters is 4. The number of nitrogens with zero attached hydrogens (tertiary/aromatic N) is 6. The number of aromatic carboxylic acids is 2. The van der Waals surface area contributed by atoms with E-state index in [4.69, 9.17) is 28.1 Å². The molecule has 0 aliphatic carbocycles. The van der Waals surface area contributed by atoms with Crippen molar-refractivity contribution in [2.75, 3.05) is 39.9 Å². The molecule has 6 heterocycles. The van der Waals surface area contributed by atoms with Crippen LogP contribution in [0.1, 0.15) is 96.3 Å². The Kier molecular flexibility index (Phi) is 31.5. The minimum Gasteiger partial charge on any atom is -0.477 e. The van der Waals surface area contributed by atoms with Crippen LogP contribution in [0.15, 0.2) is 167 Å². The van der Waals surface area contributed by atoms with Gasteiger partial charge in [-0.25, -0.2) is 58.7 Å². The third-order valence-electron chi connectivity index (χ3n) is 10.0. The Hall–Kier alpha value is -11.7. The quantitative estimate of drug-likeness (QED) is 0.0395. The van der Waals surface area contributed by atoms with Gasteiger partial charge in [-0.1, -0.05) is 55.2 Å². The van der Waals surface area contributed by atoms with Crippen molar-refractivity contribution >= 4 is 87.1 Å². The number of hydrogen-bond donors (Lipinski definition) is 4. The van der Waals surface area contributed by atoms with Crippen LogP contribution in [-0.4, -0.2) is 112 Å². The molecule has 452 valence electrons. The molecule has 0 fully saturated rings. The molecule has 2 aromatic carbocycles. The summed E-state index contributed by atoms with van der Waals surface area (Å²) >= 11 is 6.34. The molecule has 0 bridgehead atoms. The number of carbonyl (C=O) groups excluding carboxylic acids is 4. The lowest BCUT2D eigenvalue weighted by atomic mass is 10.2. The predicted molar refractivity (Wildman–Crippen MR) is 347 cm³/mol. The molecule has 0 atom stereocenters. The van der Waals surface area contributed by atoms with Crippen molar-refractivity contribution in [3.05, 3.63) is 235 Å². The van der Waals surface area contributed by atoms with Crippen molar-refractivity contribution in [3.8, 4) is 71.2 Å². The molecule has 0 aliphatic heterocycles. The summed E-state index contributed by atoms with van der Waals surface area (Å²) in [4.78, 5) is 87.9. The van der Waals surface area contributed by atoms with E-state index < -0.39 is 43.9 Å². The average molecular weight is 1350 g/mol. The molecule has 6 N–H and O–H groups in total. The first-order valence-corrected chi connectivity index (χ1v) is 30.7. The van der Waals surface area contributed by atoms with Crippen molar-refractivity contribution in [1.82, 2.24) is 29.9 Å². The van der Waals surface area contributed by atoms with Crippen molar-refractivity contribution in [3.63, 3.8) is 0 Å². The van der Waals surface area contributed by atoms with Gasteiger partial charge in [0, 0.05) is 90.9 Å². The first kappa shape index (κ1) is 72.6. The van der Waals surface area contributed by atoms with Crippen LogP contribution in [0, 0.1) is 71.2 Å². The Balaban J connectivity index is 0.000000288. The second-order valence-corrected chi connectivity index (χ2v) is 24.5. The number of hydrogen-bond acceptors (Lipinski definition) is 18. The van der Waals surface area contributed by atoms with Crippen LogP contribution in [0.4, 0.5) is 11.4 Å². The van der Waals surface area contributed by atoms with E-state index in [0.29, 0.717) is 39.5 Å². The van der Waals surface area contributed by atoms with Crippen LogP contribution in [0.2, 0.25) is 19.6 Å². The second-order valence-electron chi connectivity index (χ2n) is 17.9. The fraction of sp³-hybridized carbons (Fsp3) is 0.104. The van der Waals surface area contributed by atoms with Crippen molar-refractivity contribution in [1.29, 1.82) is 0 Å². The van der Waals surface area contributed by atoms with Gasteiger partial charge in [0.25, 0.3) is 0 Å². The highest BCUT2D eigenvalue weighted by Gasteiger charge is 2.10. The lowest BCUT2D eigenvalue weighted by Gasteiger charge is -2.03. The normalized spacial score (nSPS) is 9.16. The van der Waals surface area contributed by atoms with Gasteiger partial charge in [-0.15, -0.1) is 12.0 Å². The SMILES string of the molecule is C#Cc1ccc(C(=O)OC)nc1.COC(=O)c1ccc(Br)cn1.COC(=O)c1ccc(C#CC#Cc2ccc(N)cc2)cn1.COC(=O)c1ccc(C#C[Si](C)(C)C)cn1.Nc1ccc(C#CC#Cc2ccc(C(=O)O)nc2)cc1.O=C(O)c1ccc(Br)cn1. The third kappa shape index (κ3) is 28.9. The second kappa shape index (κ2) is 39.1. The van der Waals surface area contributed by atoms with E-state index in [1.54, 1.807) is 91.3 Å². The molecule has 6 aromatic heterocycles. The number of carboxylic acids is 2. The van der Waals surface area contributed by atoms with Crippen molar-refractivity contribution in [2.45, 2.75) is 19.6 Å². The van der Waals surface area contributed by atoms with E-state index in [2.05, 4.69) is 165 Å². The summed E-state index contributed by atoms with van der Waals surface area (Å²) in [6.45, 7) is 6.53. The van der Waals surface area contributed by atoms with E-state index in [9.17, 15) is 28.8 Å². The highest BCUT2D eigenvalue weighted by molar-refractivity contribution is 9.10. The van der Waals surface area contributed by atoms with E-state index in [0.717, 1.165) is 25.6 Å². The van der Waals surface area contributed by atoms with E-state index in [1.807, 2.05) is 24.3 Å². The Morgan fingerprint density at radius 2 is 0.644 bits per heavy atom. The predicted octanol–water partition coefficient (Wildman–Crippen LogP) is 9.74. The standard InChI is InChI=1S/C17H12N2O2.C16H10N2O2.C12H15NO2Si.C9H7NO2.C7H6BrNO2.C6H4BrNO2/c1-21-17(20)16-11-8-14(12-19-16)5-3-2-4-13-6-9-15(18)10-7-13;17-14-8-5-12(6-9-14)3-1-2-4-13-7-10-15(16(19)20)18-11-13;1-15-12(14)11-6-5-10(9-13-11)7-8-16(2,3)4;1-3-7-4-5-8(10-6-7)9(11)12-2;1-11-7(10)6-3-2-5(8)4-9-6;7-4-1-2-5(6(9)10)8-3-4/h6-12H,18H2,1H3;5-11H,17H2,(H,19,20);5-6,9H,1-4H3;1,4-6H,2H3;2-4H,1H3;1-3H,(H,9,10). The molecule has 20 nitrogen and oxygen atoms in total. The van der Waals surface area contributed by atoms with Crippen molar-refractivity contribution < 1.29 is 57.9 Å². The van der Waals surface area contributed by atoms with Crippen LogP contribution >= 0.6 is 31.9 Å². The molecular formula is C67H54Br2N8O12Si. The molecule has 0 aliphatic rings. The van der Waals surface area contributed by atoms with Gasteiger partial charge in [-0.05, 0) is 177 Å². The average Bonchev–Trinajstić information content (AvgIpc) is 3.71. The number of carboxylic acid groups (broad SMARTS) is 2. The molecule has 0 saturated carbocycles. The van der Waals surface area contributed by atoms with Crippen LogP contribution in [0.3, 0.4) is 0 Å². The van der Waals surface area contributed by atoms with Gasteiger partial charge in [0.1, 0.15) is 42.2 Å². The fourth-order valence-corrected chi connectivity index (χ4v) is 6.58. The maximum absolute atomic E-state index is 11.2. The van der Waals surface area contributed by atoms with Gasteiger partial charge in [-0.3, -0.25) is 0 Å². The number of nitrogen functional groups attached to an aromatic ring is 2. The molecule has 23 heteroatoms. The Labute approximate surface area is 537 Å². The van der Waals surface area contributed by atoms with E-state index in [-0.39, 0.29) is 22.8 Å². The maximum Gasteiger partial charge on any atom is 0.356 e. The first-order valence-electron chi connectivity index (χ1n) is 25.6. The van der Waals surface area contributed by atoms with Gasteiger partial charge in [0.2, 0.25) is 0 Å². The Morgan fingerprint density at radius 1 is 0.389 bits per heavy atom. The number of ether oxygens (including phenoxy) is 4. The summed E-state index contributed by atoms with van der Waals surface area (Å²) in [5.41, 5.74) is 21.4. The highest BCUT2D eigenvalue weighted by atomic mass is 79.9. The van der Waals surface area contributed by atoms with Crippen LogP contribution in [-0.2, 0) is 18.9 Å². The molecule has 0 spiro atoms. The topological polar surface area (TPSA) is 309 Å². The minimum atomic E-state index is -1.36. The third-order valence-corrected chi connectivity index (χ3v) is 11.9. The maximum atomic E-state index is 11.2. The summed E-state index contributed by atoms with van der Waals surface area (Å²) in [6.07, 6.45) is 14.1. The molecule has 90 heavy (non-hydrogen) atoms. The van der Waals surface area contributed by atoms with E-state index >= 15 is 0 Å². The molecule has 0 saturated heterocycles. The summed E-state index contributed by atoms with van der Waals surface area (Å²) in [6, 6.07) is 33.6. The smallest absolute Gasteiger partial charge is 0.356 e. The minimum absolute atomic E-state index is 0.0106. The summed E-state index contributed by atoms with van der Waals surface area (Å²) in [5.74, 6) is 23.9. The number of aromatic nitrogens is 6. The lowest BCUT2D eigenvalue weighted by Crippen LogP contribution is -2.16. The zero-order valence-electron chi connectivity index (χ0n) is 49.2. The zero-order valence-corrected chi connectivity index (χ0v) is 53.3. The molecule has 0 unspecified atom stereocenters. The number of terminal acetylenes is 1. The number of rotatable bonds is 6. The van der Waals surface area contributed by atoms with Gasteiger partial charge >= 0.3 is 35.8 Å². The number of anilines is 2. The molecular weight excluding hydrogens is 1300 g/mol. The number of carbonyl (C=O) groups is 6. The summed E-state index contributed by atoms with van der Waals surface area (Å²) < 4.78 is 19.7. The summed E-state index contributed by atoms with van der Waals surface area (Å²) in [5, 5.41) is 17.1. The first-order chi connectivity index (χ1) is 43.0. The number of benzene rings is 2. The number of methoxy groups -OCH3 is 4. The highest BCUT2D eigenvalue weighted by Crippen LogP contribution is 2.10. The van der Waals surface area contributed by atoms with Crippen molar-refractivity contribution in [2.24, 2.45) is 0 Å². The Bertz CT molecular complexity index is 4110. The fourth-order valence-electron chi connectivity index (χ4n) is 5.59. The van der Waals surface area contributed by atoms with Gasteiger partial charge in [0.15, 0.2) is 0 Å².